The molecule has 0 radical (unpaired) electrons. The molecule has 0 unspecified atom stereocenters. The molecule has 0 aliphatic carbocycles. The lowest BCUT2D eigenvalue weighted by atomic mass is 10.2. The summed E-state index contributed by atoms with van der Waals surface area (Å²) in [5.41, 5.74) is -0.130. The molecule has 0 bridgehead atoms. The highest BCUT2D eigenvalue weighted by molar-refractivity contribution is 5.84. The van der Waals surface area contributed by atoms with Crippen LogP contribution in [0.1, 0.15) is 13.8 Å². The van der Waals surface area contributed by atoms with E-state index in [4.69, 9.17) is 18.6 Å². The van der Waals surface area contributed by atoms with E-state index in [1.165, 1.54) is 13.0 Å². The van der Waals surface area contributed by atoms with E-state index in [1.807, 2.05) is 6.92 Å². The van der Waals surface area contributed by atoms with E-state index in [0.717, 1.165) is 0 Å². The molecule has 0 atom stereocenters. The fourth-order valence-electron chi connectivity index (χ4n) is 1.83. The number of hydrogen-bond donors (Lipinski definition) is 0. The average molecular weight is 292 g/mol. The number of fused-ring (bicyclic) bond motifs is 1. The number of carbonyl (C=O) groups is 1. The Bertz CT molecular complexity index is 688. The van der Waals surface area contributed by atoms with E-state index in [1.54, 1.807) is 18.2 Å². The van der Waals surface area contributed by atoms with Gasteiger partial charge in [-0.15, -0.1) is 0 Å². The van der Waals surface area contributed by atoms with E-state index in [0.29, 0.717) is 29.1 Å². The average Bonchev–Trinajstić information content (AvgIpc) is 2.43. The van der Waals surface area contributed by atoms with Gasteiger partial charge in [0.25, 0.3) is 0 Å². The van der Waals surface area contributed by atoms with Gasteiger partial charge in [-0.3, -0.25) is 4.79 Å². The third kappa shape index (κ3) is 3.98. The van der Waals surface area contributed by atoms with E-state index in [9.17, 15) is 9.59 Å². The maximum Gasteiger partial charge on any atom is 0.339 e. The van der Waals surface area contributed by atoms with E-state index in [-0.39, 0.29) is 19.2 Å². The van der Waals surface area contributed by atoms with Crippen molar-refractivity contribution >= 4 is 16.9 Å². The summed E-state index contributed by atoms with van der Waals surface area (Å²) in [6.07, 6.45) is 0. The molecule has 0 spiro atoms. The lowest BCUT2D eigenvalue weighted by molar-refractivity contribution is -0.141. The number of hydrogen-bond acceptors (Lipinski definition) is 6. The zero-order chi connectivity index (χ0) is 15.2. The fraction of sp³-hybridized carbons (Fsp3) is 0.333. The Morgan fingerprint density at radius 1 is 1.19 bits per heavy atom. The third-order valence-corrected chi connectivity index (χ3v) is 2.64. The van der Waals surface area contributed by atoms with Crippen LogP contribution in [0.4, 0.5) is 0 Å². The van der Waals surface area contributed by atoms with Crippen LogP contribution in [0.2, 0.25) is 0 Å². The van der Waals surface area contributed by atoms with E-state index < -0.39 is 5.63 Å². The SMILES string of the molecule is CCOc1ccc2c(OCCOC(C)=O)cc(=O)oc2c1. The normalized spacial score (nSPS) is 10.4. The Labute approximate surface area is 121 Å². The molecule has 1 aromatic carbocycles. The van der Waals surface area contributed by atoms with Crippen molar-refractivity contribution < 1.29 is 23.4 Å². The van der Waals surface area contributed by atoms with Gasteiger partial charge in [-0.2, -0.15) is 0 Å². The van der Waals surface area contributed by atoms with Crippen molar-refractivity contribution in [3.63, 3.8) is 0 Å². The first-order valence-electron chi connectivity index (χ1n) is 6.57. The summed E-state index contributed by atoms with van der Waals surface area (Å²) < 4.78 is 20.7. The molecule has 0 fully saturated rings. The molecular weight excluding hydrogens is 276 g/mol. The van der Waals surface area contributed by atoms with Crippen LogP contribution >= 0.6 is 0 Å². The quantitative estimate of drug-likeness (QED) is 0.461. The number of rotatable bonds is 6. The van der Waals surface area contributed by atoms with Gasteiger partial charge >= 0.3 is 11.6 Å². The molecule has 21 heavy (non-hydrogen) atoms. The lowest BCUT2D eigenvalue weighted by Crippen LogP contribution is -2.10. The Kier molecular flexibility index (Phi) is 4.81. The molecule has 0 aliphatic heterocycles. The minimum Gasteiger partial charge on any atom is -0.494 e. The number of benzene rings is 1. The summed E-state index contributed by atoms with van der Waals surface area (Å²) in [5.74, 6) is 0.624. The molecule has 0 amide bonds. The van der Waals surface area contributed by atoms with Gasteiger partial charge in [-0.25, -0.2) is 4.79 Å². The molecule has 6 nitrogen and oxygen atoms in total. The van der Waals surface area contributed by atoms with Gasteiger partial charge in [-0.1, -0.05) is 0 Å². The van der Waals surface area contributed by atoms with Crippen LogP contribution < -0.4 is 15.1 Å². The van der Waals surface area contributed by atoms with Crippen LogP contribution in [0.25, 0.3) is 11.0 Å². The van der Waals surface area contributed by atoms with Gasteiger partial charge in [0.2, 0.25) is 0 Å². The second kappa shape index (κ2) is 6.78. The molecule has 0 saturated carbocycles. The van der Waals surface area contributed by atoms with E-state index >= 15 is 0 Å². The molecule has 1 aromatic heterocycles. The van der Waals surface area contributed by atoms with Crippen molar-refractivity contribution in [3.8, 4) is 11.5 Å². The smallest absolute Gasteiger partial charge is 0.339 e. The van der Waals surface area contributed by atoms with Gasteiger partial charge in [0.1, 0.15) is 30.3 Å². The van der Waals surface area contributed by atoms with Crippen LogP contribution in [0.5, 0.6) is 11.5 Å². The Balaban J connectivity index is 2.22. The fourth-order valence-corrected chi connectivity index (χ4v) is 1.83. The Morgan fingerprint density at radius 3 is 2.71 bits per heavy atom. The van der Waals surface area contributed by atoms with E-state index in [2.05, 4.69) is 0 Å². The third-order valence-electron chi connectivity index (χ3n) is 2.64. The summed E-state index contributed by atoms with van der Waals surface area (Å²) in [4.78, 5) is 22.2. The minimum absolute atomic E-state index is 0.119. The largest absolute Gasteiger partial charge is 0.494 e. The highest BCUT2D eigenvalue weighted by Gasteiger charge is 2.08. The molecule has 0 aliphatic rings. The zero-order valence-electron chi connectivity index (χ0n) is 11.9. The van der Waals surface area contributed by atoms with Gasteiger partial charge in [0, 0.05) is 13.0 Å². The summed E-state index contributed by atoms with van der Waals surface area (Å²) in [6, 6.07) is 6.42. The van der Waals surface area contributed by atoms with Crippen LogP contribution in [0, 0.1) is 0 Å². The minimum atomic E-state index is -0.515. The standard InChI is InChI=1S/C15H16O6/c1-3-18-11-4-5-12-13(20-7-6-19-10(2)16)9-15(17)21-14(12)8-11/h4-5,8-9H,3,6-7H2,1-2H3. The maximum absolute atomic E-state index is 11.5. The summed E-state index contributed by atoms with van der Waals surface area (Å²) >= 11 is 0. The molecule has 2 rings (SSSR count). The molecule has 112 valence electrons. The van der Waals surface area contributed by atoms with Crippen LogP contribution in [0.3, 0.4) is 0 Å². The first kappa shape index (κ1) is 14.9. The van der Waals surface area contributed by atoms with Gasteiger partial charge in [0.05, 0.1) is 18.1 Å². The highest BCUT2D eigenvalue weighted by Crippen LogP contribution is 2.27. The topological polar surface area (TPSA) is 75.0 Å². The molecule has 0 N–H and O–H groups in total. The Morgan fingerprint density at radius 2 is 2.00 bits per heavy atom. The van der Waals surface area contributed by atoms with Crippen molar-refractivity contribution in [2.45, 2.75) is 13.8 Å². The lowest BCUT2D eigenvalue weighted by Gasteiger charge is -2.09. The first-order chi connectivity index (χ1) is 10.1. The second-order valence-corrected chi connectivity index (χ2v) is 4.21. The maximum atomic E-state index is 11.5. The van der Waals surface area contributed by atoms with Crippen molar-refractivity contribution in [3.05, 3.63) is 34.7 Å². The molecule has 2 aromatic rings. The van der Waals surface area contributed by atoms with Crippen LogP contribution in [-0.4, -0.2) is 25.8 Å². The summed E-state index contributed by atoms with van der Waals surface area (Å²) in [5, 5.41) is 0.654. The molecule has 6 heteroatoms. The van der Waals surface area contributed by atoms with Crippen LogP contribution in [0.15, 0.2) is 33.5 Å². The predicted octanol–water partition coefficient (Wildman–Crippen LogP) is 2.13. The monoisotopic (exact) mass is 292 g/mol. The van der Waals surface area contributed by atoms with Gasteiger partial charge in [0.15, 0.2) is 0 Å². The second-order valence-electron chi connectivity index (χ2n) is 4.21. The Hall–Kier alpha value is -2.50. The molecule has 1 heterocycles. The molecular formula is C15H16O6. The first-order valence-corrected chi connectivity index (χ1v) is 6.57. The van der Waals surface area contributed by atoms with Crippen molar-refractivity contribution in [2.75, 3.05) is 19.8 Å². The number of esters is 1. The van der Waals surface area contributed by atoms with Crippen molar-refractivity contribution in [1.29, 1.82) is 0 Å². The summed E-state index contributed by atoms with van der Waals surface area (Å²) in [7, 11) is 0. The van der Waals surface area contributed by atoms with Crippen molar-refractivity contribution in [1.82, 2.24) is 0 Å². The van der Waals surface area contributed by atoms with Crippen LogP contribution in [-0.2, 0) is 9.53 Å². The van der Waals surface area contributed by atoms with Gasteiger partial charge in [-0.05, 0) is 19.1 Å². The molecule has 0 saturated heterocycles. The number of carbonyl (C=O) groups excluding carboxylic acids is 1. The number of ether oxygens (including phenoxy) is 3. The predicted molar refractivity (Wildman–Crippen MR) is 75.8 cm³/mol. The van der Waals surface area contributed by atoms with Crippen molar-refractivity contribution in [2.24, 2.45) is 0 Å². The summed E-state index contributed by atoms with van der Waals surface area (Å²) in [6.45, 7) is 3.99. The van der Waals surface area contributed by atoms with Gasteiger partial charge < -0.3 is 18.6 Å². The highest BCUT2D eigenvalue weighted by atomic mass is 16.6. The zero-order valence-corrected chi connectivity index (χ0v) is 11.9.